The Morgan fingerprint density at radius 3 is 2.79 bits per heavy atom. The van der Waals surface area contributed by atoms with Crippen molar-refractivity contribution < 1.29 is 0 Å². The molecule has 0 fully saturated rings. The van der Waals surface area contributed by atoms with Gasteiger partial charge in [0.15, 0.2) is 0 Å². The Bertz CT molecular complexity index is 580. The molecule has 0 aliphatic carbocycles. The van der Waals surface area contributed by atoms with E-state index in [1.165, 1.54) is 5.56 Å². The maximum atomic E-state index is 5.78. The lowest BCUT2D eigenvalue weighted by atomic mass is 9.99. The van der Waals surface area contributed by atoms with Crippen LogP contribution in [0.25, 0.3) is 0 Å². The molecular weight excluding hydrogens is 372 g/mol. The summed E-state index contributed by atoms with van der Waals surface area (Å²) in [7, 11) is 0. The van der Waals surface area contributed by atoms with E-state index in [2.05, 4.69) is 68.4 Å². The molecule has 4 nitrogen and oxygen atoms in total. The van der Waals surface area contributed by atoms with Crippen molar-refractivity contribution in [2.75, 3.05) is 0 Å². The lowest BCUT2D eigenvalue weighted by molar-refractivity contribution is 0.540. The number of hydrazine groups is 1. The molecule has 1 unspecified atom stereocenters. The minimum absolute atomic E-state index is 0.102. The molecular formula is C13H16Br2N4. The topological polar surface area (TPSA) is 55.9 Å². The van der Waals surface area contributed by atoms with E-state index >= 15 is 0 Å². The third kappa shape index (κ3) is 2.91. The predicted octanol–water partition coefficient (Wildman–Crippen LogP) is 3.29. The summed E-state index contributed by atoms with van der Waals surface area (Å²) in [5.41, 5.74) is 6.24. The highest BCUT2D eigenvalue weighted by atomic mass is 79.9. The van der Waals surface area contributed by atoms with Crippen LogP contribution in [0.15, 0.2) is 33.3 Å². The van der Waals surface area contributed by atoms with Crippen LogP contribution in [-0.4, -0.2) is 9.78 Å². The van der Waals surface area contributed by atoms with Gasteiger partial charge in [0.25, 0.3) is 0 Å². The number of hydrogen-bond donors (Lipinski definition) is 2. The van der Waals surface area contributed by atoms with Crippen molar-refractivity contribution in [2.45, 2.75) is 26.4 Å². The van der Waals surface area contributed by atoms with Crippen molar-refractivity contribution >= 4 is 31.9 Å². The number of nitrogens with one attached hydrogen (secondary N) is 1. The van der Waals surface area contributed by atoms with Gasteiger partial charge in [-0.3, -0.25) is 10.5 Å². The lowest BCUT2D eigenvalue weighted by Crippen LogP contribution is -2.31. The first-order valence-corrected chi connectivity index (χ1v) is 7.60. The summed E-state index contributed by atoms with van der Waals surface area (Å²) in [6, 6.07) is 6.08. The first-order chi connectivity index (χ1) is 9.08. The van der Waals surface area contributed by atoms with E-state index in [9.17, 15) is 0 Å². The number of aryl methyl sites for hydroxylation is 2. The van der Waals surface area contributed by atoms with Gasteiger partial charge in [0.2, 0.25) is 0 Å². The van der Waals surface area contributed by atoms with E-state index in [-0.39, 0.29) is 6.04 Å². The number of rotatable bonds is 4. The zero-order valence-corrected chi connectivity index (χ0v) is 14.0. The molecule has 1 atom stereocenters. The summed E-state index contributed by atoms with van der Waals surface area (Å²) >= 11 is 7.06. The van der Waals surface area contributed by atoms with Gasteiger partial charge < -0.3 is 0 Å². The third-order valence-electron chi connectivity index (χ3n) is 3.13. The number of benzene rings is 1. The molecule has 102 valence electrons. The quantitative estimate of drug-likeness (QED) is 0.625. The van der Waals surface area contributed by atoms with E-state index < -0.39 is 0 Å². The molecule has 0 radical (unpaired) electrons. The van der Waals surface area contributed by atoms with Crippen LogP contribution in [0.3, 0.4) is 0 Å². The van der Waals surface area contributed by atoms with Crippen molar-refractivity contribution in [2.24, 2.45) is 5.84 Å². The molecule has 19 heavy (non-hydrogen) atoms. The third-order valence-corrected chi connectivity index (χ3v) is 4.23. The molecule has 0 saturated heterocycles. The highest BCUT2D eigenvalue weighted by Gasteiger charge is 2.22. The Kier molecular flexibility index (Phi) is 4.78. The maximum Gasteiger partial charge on any atom is 0.0892 e. The van der Waals surface area contributed by atoms with Crippen LogP contribution < -0.4 is 11.3 Å². The molecule has 2 aromatic rings. The molecule has 0 bridgehead atoms. The highest BCUT2D eigenvalue weighted by Crippen LogP contribution is 2.31. The minimum Gasteiger partial charge on any atom is -0.271 e. The molecule has 0 aliphatic heterocycles. The molecule has 6 heteroatoms. The number of hydrogen-bond acceptors (Lipinski definition) is 3. The summed E-state index contributed by atoms with van der Waals surface area (Å²) in [4.78, 5) is 0. The van der Waals surface area contributed by atoms with Crippen molar-refractivity contribution in [3.63, 3.8) is 0 Å². The van der Waals surface area contributed by atoms with Crippen molar-refractivity contribution in [1.82, 2.24) is 15.2 Å². The first kappa shape index (κ1) is 14.7. The van der Waals surface area contributed by atoms with E-state index in [0.717, 1.165) is 26.7 Å². The first-order valence-electron chi connectivity index (χ1n) is 6.01. The van der Waals surface area contributed by atoms with Crippen LogP contribution >= 0.6 is 31.9 Å². The van der Waals surface area contributed by atoms with Gasteiger partial charge in [-0.15, -0.1) is 0 Å². The summed E-state index contributed by atoms with van der Waals surface area (Å²) in [6.45, 7) is 4.93. The van der Waals surface area contributed by atoms with Crippen LogP contribution in [0, 0.1) is 6.92 Å². The standard InChI is InChI=1S/C13H16Br2N4/c1-3-19-13(11(15)7-17-19)12(18-16)10-6-9(14)5-4-8(10)2/h4-7,12,18H,3,16H2,1-2H3. The van der Waals surface area contributed by atoms with Crippen molar-refractivity contribution in [3.8, 4) is 0 Å². The fourth-order valence-electron chi connectivity index (χ4n) is 2.15. The Morgan fingerprint density at radius 2 is 2.16 bits per heavy atom. The van der Waals surface area contributed by atoms with Gasteiger partial charge in [-0.1, -0.05) is 22.0 Å². The second-order valence-electron chi connectivity index (χ2n) is 4.29. The van der Waals surface area contributed by atoms with Crippen LogP contribution in [0.2, 0.25) is 0 Å². The molecule has 0 spiro atoms. The zero-order valence-electron chi connectivity index (χ0n) is 10.8. The summed E-state index contributed by atoms with van der Waals surface area (Å²) in [5.74, 6) is 5.78. The molecule has 0 amide bonds. The Morgan fingerprint density at radius 1 is 1.42 bits per heavy atom. The molecule has 1 aromatic heterocycles. The number of aromatic nitrogens is 2. The van der Waals surface area contributed by atoms with Gasteiger partial charge in [0.1, 0.15) is 0 Å². The second kappa shape index (κ2) is 6.17. The average Bonchev–Trinajstić information content (AvgIpc) is 2.76. The van der Waals surface area contributed by atoms with Gasteiger partial charge in [-0.25, -0.2) is 5.43 Å². The Hall–Kier alpha value is -0.690. The fraction of sp³-hybridized carbons (Fsp3) is 0.308. The molecule has 2 rings (SSSR count). The number of nitrogens with two attached hydrogens (primary N) is 1. The van der Waals surface area contributed by atoms with Gasteiger partial charge in [0.05, 0.1) is 22.4 Å². The van der Waals surface area contributed by atoms with Crippen LogP contribution in [0.1, 0.15) is 29.8 Å². The average molecular weight is 388 g/mol. The van der Waals surface area contributed by atoms with Crippen LogP contribution in [0.4, 0.5) is 0 Å². The largest absolute Gasteiger partial charge is 0.271 e. The van der Waals surface area contributed by atoms with E-state index in [1.807, 2.05) is 10.7 Å². The lowest BCUT2D eigenvalue weighted by Gasteiger charge is -2.20. The van der Waals surface area contributed by atoms with Gasteiger partial charge >= 0.3 is 0 Å². The second-order valence-corrected chi connectivity index (χ2v) is 6.06. The Balaban J connectivity index is 2.56. The van der Waals surface area contributed by atoms with Gasteiger partial charge in [-0.05, 0) is 53.0 Å². The zero-order chi connectivity index (χ0) is 14.0. The van der Waals surface area contributed by atoms with Crippen molar-refractivity contribution in [3.05, 3.63) is 50.2 Å². The smallest absolute Gasteiger partial charge is 0.0892 e. The molecule has 0 aliphatic rings. The SMILES string of the molecule is CCn1ncc(Br)c1C(NN)c1cc(Br)ccc1C. The maximum absolute atomic E-state index is 5.78. The van der Waals surface area contributed by atoms with E-state index in [1.54, 1.807) is 6.20 Å². The molecule has 1 aromatic carbocycles. The summed E-state index contributed by atoms with van der Waals surface area (Å²) in [5, 5.41) is 4.34. The predicted molar refractivity (Wildman–Crippen MR) is 83.6 cm³/mol. The number of nitrogens with zero attached hydrogens (tertiary/aromatic N) is 2. The number of halogens is 2. The van der Waals surface area contributed by atoms with E-state index in [0.29, 0.717) is 0 Å². The highest BCUT2D eigenvalue weighted by molar-refractivity contribution is 9.10. The molecule has 1 heterocycles. The summed E-state index contributed by atoms with van der Waals surface area (Å²) in [6.07, 6.45) is 1.80. The van der Waals surface area contributed by atoms with E-state index in [4.69, 9.17) is 5.84 Å². The fourth-order valence-corrected chi connectivity index (χ4v) is 3.05. The monoisotopic (exact) mass is 386 g/mol. The minimum atomic E-state index is -0.102. The Labute approximate surface area is 129 Å². The van der Waals surface area contributed by atoms with Gasteiger partial charge in [-0.2, -0.15) is 5.10 Å². The molecule has 3 N–H and O–H groups in total. The van der Waals surface area contributed by atoms with Gasteiger partial charge in [0, 0.05) is 11.0 Å². The molecule has 0 saturated carbocycles. The van der Waals surface area contributed by atoms with Crippen molar-refractivity contribution in [1.29, 1.82) is 0 Å². The summed E-state index contributed by atoms with van der Waals surface area (Å²) < 4.78 is 3.93. The normalized spacial score (nSPS) is 12.7. The van der Waals surface area contributed by atoms with Crippen LogP contribution in [0.5, 0.6) is 0 Å². The van der Waals surface area contributed by atoms with Crippen LogP contribution in [-0.2, 0) is 6.54 Å².